The van der Waals surface area contributed by atoms with E-state index in [1.165, 1.54) is 4.88 Å². The Morgan fingerprint density at radius 3 is 2.59 bits per heavy atom. The number of aromatic nitrogens is 1. The summed E-state index contributed by atoms with van der Waals surface area (Å²) < 4.78 is 5.63. The average Bonchev–Trinajstić information content (AvgIpc) is 2.77. The highest BCUT2D eigenvalue weighted by molar-refractivity contribution is 7.14. The van der Waals surface area contributed by atoms with E-state index in [9.17, 15) is 0 Å². The third-order valence-corrected chi connectivity index (χ3v) is 3.45. The van der Waals surface area contributed by atoms with Crippen LogP contribution in [0.2, 0.25) is 0 Å². The molecule has 2 nitrogen and oxygen atoms in total. The fourth-order valence-corrected chi connectivity index (χ4v) is 2.29. The number of nitrogens with zero attached hydrogens (tertiary/aromatic N) is 1. The molecular formula is C14H17NOS. The highest BCUT2D eigenvalue weighted by Gasteiger charge is 2.02. The van der Waals surface area contributed by atoms with E-state index in [0.29, 0.717) is 0 Å². The molecule has 3 heteroatoms. The zero-order valence-corrected chi connectivity index (χ0v) is 11.1. The van der Waals surface area contributed by atoms with Gasteiger partial charge in [-0.1, -0.05) is 13.3 Å². The third kappa shape index (κ3) is 3.30. The molecule has 0 atom stereocenters. The van der Waals surface area contributed by atoms with Crippen molar-refractivity contribution in [3.63, 3.8) is 0 Å². The molecule has 17 heavy (non-hydrogen) atoms. The van der Waals surface area contributed by atoms with Gasteiger partial charge in [-0.05, 0) is 37.6 Å². The van der Waals surface area contributed by atoms with Gasteiger partial charge in [0.25, 0.3) is 0 Å². The van der Waals surface area contributed by atoms with Gasteiger partial charge in [-0.3, -0.25) is 0 Å². The van der Waals surface area contributed by atoms with Crippen LogP contribution in [0.5, 0.6) is 5.75 Å². The first-order chi connectivity index (χ1) is 8.29. The van der Waals surface area contributed by atoms with Gasteiger partial charge in [0.05, 0.1) is 6.61 Å². The van der Waals surface area contributed by atoms with E-state index >= 15 is 0 Å². The molecule has 0 radical (unpaired) electrons. The van der Waals surface area contributed by atoms with Gasteiger partial charge in [-0.15, -0.1) is 11.3 Å². The molecule has 0 saturated heterocycles. The lowest BCUT2D eigenvalue weighted by molar-refractivity contribution is 0.309. The number of unbranched alkanes of at least 4 members (excludes halogenated alkanes) is 1. The van der Waals surface area contributed by atoms with E-state index in [1.54, 1.807) is 11.3 Å². The van der Waals surface area contributed by atoms with Crippen LogP contribution in [0.1, 0.15) is 24.6 Å². The van der Waals surface area contributed by atoms with Crippen LogP contribution in [0.4, 0.5) is 0 Å². The normalized spacial score (nSPS) is 10.5. The SMILES string of the molecule is CCCCOc1ccc(-c2ncc(C)s2)cc1. The van der Waals surface area contributed by atoms with Crippen LogP contribution in [-0.2, 0) is 0 Å². The van der Waals surface area contributed by atoms with E-state index in [0.717, 1.165) is 35.8 Å². The smallest absolute Gasteiger partial charge is 0.123 e. The minimum atomic E-state index is 0.798. The number of aryl methyl sites for hydroxylation is 1. The lowest BCUT2D eigenvalue weighted by Gasteiger charge is -2.05. The van der Waals surface area contributed by atoms with Gasteiger partial charge >= 0.3 is 0 Å². The summed E-state index contributed by atoms with van der Waals surface area (Å²) in [6.07, 6.45) is 4.18. The fraction of sp³-hybridized carbons (Fsp3) is 0.357. The van der Waals surface area contributed by atoms with Gasteiger partial charge in [-0.25, -0.2) is 4.98 Å². The monoisotopic (exact) mass is 247 g/mol. The maximum atomic E-state index is 5.63. The Balaban J connectivity index is 2.02. The second-order valence-corrected chi connectivity index (χ2v) is 5.24. The molecule has 90 valence electrons. The minimum Gasteiger partial charge on any atom is -0.494 e. The molecule has 0 fully saturated rings. The number of hydrogen-bond donors (Lipinski definition) is 0. The Labute approximate surface area is 106 Å². The first kappa shape index (κ1) is 12.1. The van der Waals surface area contributed by atoms with Crippen molar-refractivity contribution in [2.45, 2.75) is 26.7 Å². The summed E-state index contributed by atoms with van der Waals surface area (Å²) in [5.41, 5.74) is 1.16. The van der Waals surface area contributed by atoms with Crippen molar-refractivity contribution in [1.82, 2.24) is 4.98 Å². The van der Waals surface area contributed by atoms with Gasteiger partial charge in [-0.2, -0.15) is 0 Å². The van der Waals surface area contributed by atoms with Gasteiger partial charge in [0.1, 0.15) is 10.8 Å². The molecule has 0 bridgehead atoms. The molecule has 0 saturated carbocycles. The van der Waals surface area contributed by atoms with Gasteiger partial charge in [0, 0.05) is 16.6 Å². The first-order valence-corrected chi connectivity index (χ1v) is 6.77. The van der Waals surface area contributed by atoms with E-state index in [-0.39, 0.29) is 0 Å². The summed E-state index contributed by atoms with van der Waals surface area (Å²) in [5, 5.41) is 1.07. The average molecular weight is 247 g/mol. The van der Waals surface area contributed by atoms with E-state index in [4.69, 9.17) is 4.74 Å². The van der Waals surface area contributed by atoms with Crippen LogP contribution in [0.3, 0.4) is 0 Å². The summed E-state index contributed by atoms with van der Waals surface area (Å²) in [7, 11) is 0. The number of ether oxygens (including phenoxy) is 1. The van der Waals surface area contributed by atoms with Crippen LogP contribution in [0.25, 0.3) is 10.6 Å². The molecule has 2 aromatic rings. The Hall–Kier alpha value is -1.35. The molecule has 0 unspecified atom stereocenters. The van der Waals surface area contributed by atoms with Gasteiger partial charge in [0.2, 0.25) is 0 Å². The van der Waals surface area contributed by atoms with E-state index in [2.05, 4.69) is 31.0 Å². The quantitative estimate of drug-likeness (QED) is 0.735. The van der Waals surface area contributed by atoms with Crippen molar-refractivity contribution in [2.24, 2.45) is 0 Å². The van der Waals surface area contributed by atoms with Crippen molar-refractivity contribution in [1.29, 1.82) is 0 Å². The highest BCUT2D eigenvalue weighted by atomic mass is 32.1. The van der Waals surface area contributed by atoms with Crippen molar-refractivity contribution in [2.75, 3.05) is 6.61 Å². The Morgan fingerprint density at radius 1 is 1.24 bits per heavy atom. The molecule has 1 heterocycles. The maximum absolute atomic E-state index is 5.63. The molecule has 0 spiro atoms. The van der Waals surface area contributed by atoms with Crippen LogP contribution in [0.15, 0.2) is 30.5 Å². The second kappa shape index (κ2) is 5.82. The predicted octanol–water partition coefficient (Wildman–Crippen LogP) is 4.30. The van der Waals surface area contributed by atoms with Crippen LogP contribution < -0.4 is 4.74 Å². The molecule has 1 aromatic heterocycles. The predicted molar refractivity (Wildman–Crippen MR) is 72.7 cm³/mol. The van der Waals surface area contributed by atoms with Crippen LogP contribution in [0, 0.1) is 6.92 Å². The van der Waals surface area contributed by atoms with E-state index in [1.807, 2.05) is 18.3 Å². The first-order valence-electron chi connectivity index (χ1n) is 5.95. The fourth-order valence-electron chi connectivity index (χ4n) is 1.52. The summed E-state index contributed by atoms with van der Waals surface area (Å²) in [6.45, 7) is 5.03. The highest BCUT2D eigenvalue weighted by Crippen LogP contribution is 2.26. The molecule has 0 amide bonds. The van der Waals surface area contributed by atoms with Crippen molar-refractivity contribution < 1.29 is 4.74 Å². The number of rotatable bonds is 5. The lowest BCUT2D eigenvalue weighted by Crippen LogP contribution is -1.95. The third-order valence-electron chi connectivity index (χ3n) is 2.49. The molecular weight excluding hydrogens is 230 g/mol. The van der Waals surface area contributed by atoms with Crippen molar-refractivity contribution in [3.05, 3.63) is 35.3 Å². The number of benzene rings is 1. The topological polar surface area (TPSA) is 22.1 Å². The molecule has 1 aromatic carbocycles. The molecule has 0 aliphatic rings. The molecule has 0 N–H and O–H groups in total. The zero-order valence-electron chi connectivity index (χ0n) is 10.3. The Kier molecular flexibility index (Phi) is 4.15. The molecule has 0 aliphatic carbocycles. The molecule has 0 aliphatic heterocycles. The van der Waals surface area contributed by atoms with Crippen molar-refractivity contribution in [3.8, 4) is 16.3 Å². The molecule has 2 rings (SSSR count). The summed E-state index contributed by atoms with van der Waals surface area (Å²) in [5.74, 6) is 0.940. The van der Waals surface area contributed by atoms with Gasteiger partial charge in [0.15, 0.2) is 0 Å². The van der Waals surface area contributed by atoms with Gasteiger partial charge < -0.3 is 4.74 Å². The number of thiazole rings is 1. The largest absolute Gasteiger partial charge is 0.494 e. The number of hydrogen-bond acceptors (Lipinski definition) is 3. The lowest BCUT2D eigenvalue weighted by atomic mass is 10.2. The second-order valence-electron chi connectivity index (χ2n) is 4.00. The minimum absolute atomic E-state index is 0.798. The van der Waals surface area contributed by atoms with Crippen LogP contribution >= 0.6 is 11.3 Å². The maximum Gasteiger partial charge on any atom is 0.123 e. The van der Waals surface area contributed by atoms with Crippen LogP contribution in [-0.4, -0.2) is 11.6 Å². The Morgan fingerprint density at radius 2 is 2.00 bits per heavy atom. The Bertz CT molecular complexity index is 461. The van der Waals surface area contributed by atoms with Crippen molar-refractivity contribution >= 4 is 11.3 Å². The summed E-state index contributed by atoms with van der Waals surface area (Å²) >= 11 is 1.72. The van der Waals surface area contributed by atoms with E-state index < -0.39 is 0 Å². The summed E-state index contributed by atoms with van der Waals surface area (Å²) in [6, 6.07) is 8.17. The standard InChI is InChI=1S/C14H17NOS/c1-3-4-9-16-13-7-5-12(6-8-13)14-15-10-11(2)17-14/h5-8,10H,3-4,9H2,1-2H3. The zero-order chi connectivity index (χ0) is 12.1. The summed E-state index contributed by atoms with van der Waals surface area (Å²) in [4.78, 5) is 5.61.